The molecule has 0 aromatic heterocycles. The van der Waals surface area contributed by atoms with Gasteiger partial charge in [-0.15, -0.1) is 0 Å². The number of hydrogen-bond donors (Lipinski definition) is 0. The average molecular weight is 361 g/mol. The molecule has 0 atom stereocenters. The predicted octanol–water partition coefficient (Wildman–Crippen LogP) is 3.99. The van der Waals surface area contributed by atoms with Gasteiger partial charge in [-0.3, -0.25) is 4.90 Å². The highest BCUT2D eigenvalue weighted by Gasteiger charge is 2.20. The Kier molecular flexibility index (Phi) is 5.71. The van der Waals surface area contributed by atoms with Crippen molar-refractivity contribution in [2.45, 2.75) is 13.5 Å². The highest BCUT2D eigenvalue weighted by atomic mass is 35.5. The van der Waals surface area contributed by atoms with Crippen molar-refractivity contribution in [1.82, 2.24) is 4.90 Å². The zero-order valence-corrected chi connectivity index (χ0v) is 15.8. The van der Waals surface area contributed by atoms with Gasteiger partial charge in [0.15, 0.2) is 11.5 Å². The van der Waals surface area contributed by atoms with Gasteiger partial charge in [-0.05, 0) is 36.2 Å². The van der Waals surface area contributed by atoms with Crippen LogP contribution in [0.4, 0.5) is 5.69 Å². The molecule has 0 bridgehead atoms. The molecule has 0 unspecified atom stereocenters. The van der Waals surface area contributed by atoms with Crippen molar-refractivity contribution in [3.05, 3.63) is 52.5 Å². The lowest BCUT2D eigenvalue weighted by atomic mass is 10.1. The van der Waals surface area contributed by atoms with E-state index in [9.17, 15) is 0 Å². The summed E-state index contributed by atoms with van der Waals surface area (Å²) in [4.78, 5) is 4.84. The van der Waals surface area contributed by atoms with E-state index in [4.69, 9.17) is 21.1 Å². The lowest BCUT2D eigenvalue weighted by molar-refractivity contribution is 0.249. The second-order valence-corrected chi connectivity index (χ2v) is 6.74. The predicted molar refractivity (Wildman–Crippen MR) is 103 cm³/mol. The third-order valence-corrected chi connectivity index (χ3v) is 5.23. The van der Waals surface area contributed by atoms with Gasteiger partial charge in [0.25, 0.3) is 0 Å². The van der Waals surface area contributed by atoms with Gasteiger partial charge in [0, 0.05) is 32.7 Å². The highest BCUT2D eigenvalue weighted by molar-refractivity contribution is 6.34. The van der Waals surface area contributed by atoms with E-state index < -0.39 is 0 Å². The zero-order chi connectivity index (χ0) is 17.8. The van der Waals surface area contributed by atoms with E-state index >= 15 is 0 Å². The topological polar surface area (TPSA) is 24.9 Å². The molecular formula is C20H25ClN2O2. The van der Waals surface area contributed by atoms with Crippen LogP contribution in [-0.2, 0) is 6.54 Å². The second-order valence-electron chi connectivity index (χ2n) is 6.36. The molecule has 0 aliphatic carbocycles. The summed E-state index contributed by atoms with van der Waals surface area (Å²) in [7, 11) is 3.33. The highest BCUT2D eigenvalue weighted by Crippen LogP contribution is 2.30. The molecule has 1 fully saturated rings. The number of methoxy groups -OCH3 is 2. The molecule has 0 N–H and O–H groups in total. The molecule has 25 heavy (non-hydrogen) atoms. The summed E-state index contributed by atoms with van der Waals surface area (Å²) >= 11 is 6.47. The lowest BCUT2D eigenvalue weighted by Gasteiger charge is -2.36. The quantitative estimate of drug-likeness (QED) is 0.805. The van der Waals surface area contributed by atoms with Crippen LogP contribution >= 0.6 is 11.6 Å². The van der Waals surface area contributed by atoms with E-state index in [1.807, 2.05) is 6.07 Å². The Hall–Kier alpha value is -1.91. The summed E-state index contributed by atoms with van der Waals surface area (Å²) in [6.45, 7) is 6.96. The first kappa shape index (κ1) is 17.9. The number of nitrogens with zero attached hydrogens (tertiary/aromatic N) is 2. The van der Waals surface area contributed by atoms with E-state index in [0.29, 0.717) is 0 Å². The Morgan fingerprint density at radius 1 is 0.960 bits per heavy atom. The van der Waals surface area contributed by atoms with Crippen LogP contribution in [0.25, 0.3) is 0 Å². The van der Waals surface area contributed by atoms with Crippen molar-refractivity contribution in [2.75, 3.05) is 45.3 Å². The molecule has 0 radical (unpaired) electrons. The number of piperazine rings is 1. The van der Waals surface area contributed by atoms with Crippen molar-refractivity contribution in [1.29, 1.82) is 0 Å². The van der Waals surface area contributed by atoms with Crippen LogP contribution in [0, 0.1) is 6.92 Å². The zero-order valence-electron chi connectivity index (χ0n) is 15.1. The molecule has 5 heteroatoms. The van der Waals surface area contributed by atoms with Crippen LogP contribution in [-0.4, -0.2) is 45.3 Å². The van der Waals surface area contributed by atoms with Crippen LogP contribution in [0.1, 0.15) is 11.1 Å². The summed E-state index contributed by atoms with van der Waals surface area (Å²) in [6, 6.07) is 12.4. The van der Waals surface area contributed by atoms with E-state index in [1.54, 1.807) is 14.2 Å². The number of rotatable bonds is 5. The van der Waals surface area contributed by atoms with Crippen LogP contribution in [0.15, 0.2) is 36.4 Å². The molecule has 0 spiro atoms. The summed E-state index contributed by atoms with van der Waals surface area (Å²) in [5.41, 5.74) is 3.51. The molecule has 2 aromatic carbocycles. The minimum atomic E-state index is 0.769. The lowest BCUT2D eigenvalue weighted by Crippen LogP contribution is -2.46. The fraction of sp³-hybridized carbons (Fsp3) is 0.400. The molecule has 4 nitrogen and oxygen atoms in total. The first-order chi connectivity index (χ1) is 12.1. The number of hydrogen-bond acceptors (Lipinski definition) is 4. The fourth-order valence-corrected chi connectivity index (χ4v) is 3.51. The largest absolute Gasteiger partial charge is 0.493 e. The maximum Gasteiger partial charge on any atom is 0.161 e. The van der Waals surface area contributed by atoms with Crippen molar-refractivity contribution in [2.24, 2.45) is 0 Å². The van der Waals surface area contributed by atoms with Crippen molar-refractivity contribution in [3.63, 3.8) is 0 Å². The van der Waals surface area contributed by atoms with Crippen LogP contribution in [0.2, 0.25) is 5.02 Å². The van der Waals surface area contributed by atoms with Gasteiger partial charge in [-0.1, -0.05) is 29.8 Å². The van der Waals surface area contributed by atoms with Gasteiger partial charge in [0.2, 0.25) is 0 Å². The third-order valence-electron chi connectivity index (χ3n) is 4.74. The van der Waals surface area contributed by atoms with Gasteiger partial charge in [0.05, 0.1) is 24.9 Å². The maximum atomic E-state index is 6.47. The van der Waals surface area contributed by atoms with Gasteiger partial charge in [0.1, 0.15) is 0 Å². The van der Waals surface area contributed by atoms with E-state index in [-0.39, 0.29) is 0 Å². The van der Waals surface area contributed by atoms with E-state index in [1.165, 1.54) is 5.56 Å². The van der Waals surface area contributed by atoms with Crippen molar-refractivity contribution in [3.8, 4) is 11.5 Å². The Labute approximate surface area is 154 Å². The van der Waals surface area contributed by atoms with Gasteiger partial charge in [-0.2, -0.15) is 0 Å². The minimum Gasteiger partial charge on any atom is -0.493 e. The number of ether oxygens (including phenoxy) is 2. The Bertz CT molecular complexity index is 728. The summed E-state index contributed by atoms with van der Waals surface area (Å²) < 4.78 is 10.7. The number of anilines is 1. The molecule has 1 saturated heterocycles. The van der Waals surface area contributed by atoms with Gasteiger partial charge < -0.3 is 14.4 Å². The Morgan fingerprint density at radius 3 is 2.36 bits per heavy atom. The summed E-state index contributed by atoms with van der Waals surface area (Å²) in [6.07, 6.45) is 0. The first-order valence-corrected chi connectivity index (χ1v) is 8.93. The minimum absolute atomic E-state index is 0.769. The normalized spacial score (nSPS) is 15.3. The van der Waals surface area contributed by atoms with Crippen LogP contribution in [0.3, 0.4) is 0 Å². The molecule has 3 rings (SSSR count). The monoisotopic (exact) mass is 360 g/mol. The van der Waals surface area contributed by atoms with Crippen molar-refractivity contribution >= 4 is 17.3 Å². The Morgan fingerprint density at radius 2 is 1.68 bits per heavy atom. The van der Waals surface area contributed by atoms with Gasteiger partial charge >= 0.3 is 0 Å². The van der Waals surface area contributed by atoms with E-state index in [2.05, 4.69) is 47.1 Å². The summed E-state index contributed by atoms with van der Waals surface area (Å²) in [5, 5.41) is 0.871. The molecule has 1 aliphatic heterocycles. The van der Waals surface area contributed by atoms with Gasteiger partial charge in [-0.25, -0.2) is 0 Å². The molecule has 134 valence electrons. The first-order valence-electron chi connectivity index (χ1n) is 8.55. The number of aryl methyl sites for hydroxylation is 1. The smallest absolute Gasteiger partial charge is 0.161 e. The Balaban J connectivity index is 1.62. The summed E-state index contributed by atoms with van der Waals surface area (Å²) in [5.74, 6) is 1.55. The number of benzene rings is 2. The van der Waals surface area contributed by atoms with Crippen molar-refractivity contribution < 1.29 is 9.47 Å². The fourth-order valence-electron chi connectivity index (χ4n) is 3.26. The molecule has 0 amide bonds. The second kappa shape index (κ2) is 7.98. The third kappa shape index (κ3) is 4.02. The molecule has 2 aromatic rings. The van der Waals surface area contributed by atoms with E-state index in [0.717, 1.165) is 60.5 Å². The molecule has 0 saturated carbocycles. The average Bonchev–Trinajstić information content (AvgIpc) is 2.64. The molecule has 1 aliphatic rings. The molecular weight excluding hydrogens is 336 g/mol. The number of halogens is 1. The molecule has 1 heterocycles. The standard InChI is InChI=1S/C20H25ClN2O2/c1-15-5-4-6-17(20(15)21)23-11-9-22(10-12-23)14-16-7-8-18(24-2)19(13-16)25-3/h4-8,13H,9-12,14H2,1-3H3. The SMILES string of the molecule is COc1ccc(CN2CCN(c3cccc(C)c3Cl)CC2)cc1OC. The van der Waals surface area contributed by atoms with Crippen LogP contribution in [0.5, 0.6) is 11.5 Å². The van der Waals surface area contributed by atoms with Crippen LogP contribution < -0.4 is 14.4 Å². The maximum absolute atomic E-state index is 6.47.